The van der Waals surface area contributed by atoms with Gasteiger partial charge in [0.05, 0.1) is 5.69 Å². The lowest BCUT2D eigenvalue weighted by molar-refractivity contribution is -0.132. The van der Waals surface area contributed by atoms with E-state index in [-0.39, 0.29) is 24.0 Å². The molecule has 6 rings (SSSR count). The molecule has 2 aromatic carbocycles. The SMILES string of the molecule is Cc1cc(CC(NC(=O)N2CCC(N3Cc4ccccc4NC3=O)CC2)C(=O)N2CCCC2)cc2c1NN=CC2. The maximum atomic E-state index is 13.5. The van der Waals surface area contributed by atoms with Crippen molar-refractivity contribution >= 4 is 35.6 Å². The Kier molecular flexibility index (Phi) is 7.32. The van der Waals surface area contributed by atoms with Crippen molar-refractivity contribution in [2.24, 2.45) is 5.10 Å². The normalized spacial score (nSPS) is 19.4. The Morgan fingerprint density at radius 3 is 2.62 bits per heavy atom. The fourth-order valence-electron chi connectivity index (χ4n) is 6.37. The minimum atomic E-state index is -0.629. The highest BCUT2D eigenvalue weighted by atomic mass is 16.2. The Balaban J connectivity index is 1.11. The number of anilines is 2. The first kappa shape index (κ1) is 26.2. The predicted molar refractivity (Wildman–Crippen MR) is 154 cm³/mol. The minimum Gasteiger partial charge on any atom is -0.341 e. The maximum absolute atomic E-state index is 13.5. The van der Waals surface area contributed by atoms with Gasteiger partial charge in [0, 0.05) is 63.5 Å². The third-order valence-electron chi connectivity index (χ3n) is 8.56. The van der Waals surface area contributed by atoms with Gasteiger partial charge in [-0.05, 0) is 60.9 Å². The number of piperidine rings is 1. The number of likely N-dealkylation sites (tertiary alicyclic amines) is 2. The summed E-state index contributed by atoms with van der Waals surface area (Å²) in [6.07, 6.45) is 6.42. The minimum absolute atomic E-state index is 0.0144. The molecule has 1 unspecified atom stereocenters. The lowest BCUT2D eigenvalue weighted by atomic mass is 9.96. The van der Waals surface area contributed by atoms with Crippen LogP contribution < -0.4 is 16.1 Å². The van der Waals surface area contributed by atoms with Crippen LogP contribution in [0, 0.1) is 6.92 Å². The lowest BCUT2D eigenvalue weighted by Crippen LogP contribution is -2.56. The number of benzene rings is 2. The first-order chi connectivity index (χ1) is 19.5. The molecule has 210 valence electrons. The molecule has 2 aromatic rings. The van der Waals surface area contributed by atoms with Crippen LogP contribution in [0.2, 0.25) is 0 Å². The van der Waals surface area contributed by atoms with Gasteiger partial charge in [-0.15, -0.1) is 0 Å². The van der Waals surface area contributed by atoms with Gasteiger partial charge in [-0.2, -0.15) is 5.10 Å². The molecule has 0 aliphatic carbocycles. The molecule has 4 aliphatic heterocycles. The number of fused-ring (bicyclic) bond motifs is 2. The maximum Gasteiger partial charge on any atom is 0.322 e. The van der Waals surface area contributed by atoms with Gasteiger partial charge in [-0.3, -0.25) is 10.2 Å². The van der Waals surface area contributed by atoms with Crippen LogP contribution in [-0.2, 0) is 24.2 Å². The summed E-state index contributed by atoms with van der Waals surface area (Å²) in [6.45, 7) is 5.16. The van der Waals surface area contributed by atoms with Gasteiger partial charge < -0.3 is 25.3 Å². The Bertz CT molecular complexity index is 1330. The number of hydrogen-bond acceptors (Lipinski definition) is 5. The number of hydrazone groups is 1. The van der Waals surface area contributed by atoms with Crippen molar-refractivity contribution < 1.29 is 14.4 Å². The molecule has 4 heterocycles. The summed E-state index contributed by atoms with van der Waals surface area (Å²) in [5.41, 5.74) is 9.32. The van der Waals surface area contributed by atoms with Crippen molar-refractivity contribution in [2.45, 2.75) is 64.1 Å². The van der Waals surface area contributed by atoms with Crippen LogP contribution in [0.4, 0.5) is 21.0 Å². The van der Waals surface area contributed by atoms with E-state index in [1.165, 1.54) is 0 Å². The highest BCUT2D eigenvalue weighted by Crippen LogP contribution is 2.28. The molecule has 0 radical (unpaired) electrons. The molecule has 40 heavy (non-hydrogen) atoms. The van der Waals surface area contributed by atoms with E-state index in [2.05, 4.69) is 33.3 Å². The summed E-state index contributed by atoms with van der Waals surface area (Å²) in [6, 6.07) is 11.2. The number of carbonyl (C=O) groups is 3. The Morgan fingerprint density at radius 1 is 1.05 bits per heavy atom. The molecular weight excluding hydrogens is 506 g/mol. The molecule has 3 N–H and O–H groups in total. The summed E-state index contributed by atoms with van der Waals surface area (Å²) in [7, 11) is 0. The van der Waals surface area contributed by atoms with E-state index in [0.717, 1.165) is 66.0 Å². The van der Waals surface area contributed by atoms with Crippen molar-refractivity contribution in [2.75, 3.05) is 36.9 Å². The Morgan fingerprint density at radius 2 is 1.82 bits per heavy atom. The topological polar surface area (TPSA) is 109 Å². The van der Waals surface area contributed by atoms with Gasteiger partial charge in [-0.25, -0.2) is 9.59 Å². The molecule has 10 heteroatoms. The molecule has 0 saturated carbocycles. The van der Waals surface area contributed by atoms with E-state index >= 15 is 0 Å². The highest BCUT2D eigenvalue weighted by molar-refractivity contribution is 5.92. The van der Waals surface area contributed by atoms with E-state index in [9.17, 15) is 14.4 Å². The standard InChI is InChI=1S/C30H37N7O3/c1-20-16-21(17-22-8-11-31-34-27(20)22)18-26(28(38)35-12-4-5-13-35)33-29(39)36-14-9-24(10-15-36)37-19-23-6-2-3-7-25(23)32-30(37)40/h2-3,6-7,11,16-17,24,26,34H,4-5,8-10,12-15,18-19H2,1H3,(H,32,40)(H,33,39). The van der Waals surface area contributed by atoms with Crippen molar-refractivity contribution in [3.63, 3.8) is 0 Å². The molecule has 2 fully saturated rings. The molecule has 2 saturated heterocycles. The van der Waals surface area contributed by atoms with Gasteiger partial charge in [0.15, 0.2) is 0 Å². The summed E-state index contributed by atoms with van der Waals surface area (Å²) < 4.78 is 0. The number of amides is 5. The smallest absolute Gasteiger partial charge is 0.322 e. The second-order valence-corrected chi connectivity index (χ2v) is 11.2. The number of rotatable bonds is 5. The Hall–Kier alpha value is -4.08. The van der Waals surface area contributed by atoms with Crippen LogP contribution in [0.3, 0.4) is 0 Å². The number of hydrogen-bond donors (Lipinski definition) is 3. The van der Waals surface area contributed by atoms with Crippen LogP contribution in [0.25, 0.3) is 0 Å². The van der Waals surface area contributed by atoms with E-state index < -0.39 is 6.04 Å². The van der Waals surface area contributed by atoms with Crippen molar-refractivity contribution in [3.8, 4) is 0 Å². The van der Waals surface area contributed by atoms with Gasteiger partial charge >= 0.3 is 12.1 Å². The van der Waals surface area contributed by atoms with Crippen LogP contribution in [0.15, 0.2) is 41.5 Å². The summed E-state index contributed by atoms with van der Waals surface area (Å²) in [4.78, 5) is 45.3. The van der Waals surface area contributed by atoms with Crippen molar-refractivity contribution in [3.05, 3.63) is 58.7 Å². The summed E-state index contributed by atoms with van der Waals surface area (Å²) in [5.74, 6) is -0.0144. The second-order valence-electron chi connectivity index (χ2n) is 11.2. The fraction of sp³-hybridized carbons (Fsp3) is 0.467. The van der Waals surface area contributed by atoms with Gasteiger partial charge in [0.1, 0.15) is 6.04 Å². The number of urea groups is 2. The van der Waals surface area contributed by atoms with Crippen molar-refractivity contribution in [1.82, 2.24) is 20.0 Å². The molecule has 0 bridgehead atoms. The van der Waals surface area contributed by atoms with Crippen LogP contribution in [0.1, 0.15) is 47.9 Å². The zero-order valence-corrected chi connectivity index (χ0v) is 23.0. The third-order valence-corrected chi connectivity index (χ3v) is 8.56. The molecule has 0 aromatic heterocycles. The molecule has 0 spiro atoms. The number of aryl methyl sites for hydroxylation is 1. The summed E-state index contributed by atoms with van der Waals surface area (Å²) in [5, 5.41) is 10.2. The van der Waals surface area contributed by atoms with E-state index in [1.807, 2.05) is 47.2 Å². The van der Waals surface area contributed by atoms with Gasteiger partial charge in [0.25, 0.3) is 0 Å². The molecule has 1 atom stereocenters. The number of carbonyl (C=O) groups excluding carboxylic acids is 3. The van der Waals surface area contributed by atoms with Crippen LogP contribution >= 0.6 is 0 Å². The Labute approximate surface area is 234 Å². The number of nitrogens with zero attached hydrogens (tertiary/aromatic N) is 4. The van der Waals surface area contributed by atoms with Crippen LogP contribution in [-0.4, -0.2) is 77.1 Å². The number of para-hydroxylation sites is 1. The average Bonchev–Trinajstić information content (AvgIpc) is 3.51. The van der Waals surface area contributed by atoms with Crippen molar-refractivity contribution in [1.29, 1.82) is 0 Å². The zero-order valence-electron chi connectivity index (χ0n) is 23.0. The molecule has 10 nitrogen and oxygen atoms in total. The third kappa shape index (κ3) is 5.35. The fourth-order valence-corrected chi connectivity index (χ4v) is 6.37. The molecule has 4 aliphatic rings. The first-order valence-corrected chi connectivity index (χ1v) is 14.4. The summed E-state index contributed by atoms with van der Waals surface area (Å²) >= 11 is 0. The lowest BCUT2D eigenvalue weighted by Gasteiger charge is -2.40. The van der Waals surface area contributed by atoms with Gasteiger partial charge in [0.2, 0.25) is 5.91 Å². The average molecular weight is 544 g/mol. The van der Waals surface area contributed by atoms with E-state index in [0.29, 0.717) is 38.9 Å². The molecular formula is C30H37N7O3. The largest absolute Gasteiger partial charge is 0.341 e. The second kappa shape index (κ2) is 11.2. The zero-order chi connectivity index (χ0) is 27.6. The van der Waals surface area contributed by atoms with Gasteiger partial charge in [-0.1, -0.05) is 30.3 Å². The monoisotopic (exact) mass is 543 g/mol. The quantitative estimate of drug-likeness (QED) is 0.534. The predicted octanol–water partition coefficient (Wildman–Crippen LogP) is 3.70. The van der Waals surface area contributed by atoms with E-state index in [4.69, 9.17) is 0 Å². The first-order valence-electron chi connectivity index (χ1n) is 14.4. The molecule has 5 amide bonds. The highest BCUT2D eigenvalue weighted by Gasteiger charge is 2.34. The van der Waals surface area contributed by atoms with E-state index in [1.54, 1.807) is 4.90 Å². The van der Waals surface area contributed by atoms with Crippen LogP contribution in [0.5, 0.6) is 0 Å². The number of nitrogens with one attached hydrogen (secondary N) is 3.